The summed E-state index contributed by atoms with van der Waals surface area (Å²) in [4.78, 5) is 0.348. The van der Waals surface area contributed by atoms with Crippen LogP contribution in [0.1, 0.15) is 26.3 Å². The van der Waals surface area contributed by atoms with Crippen LogP contribution in [0.3, 0.4) is 0 Å². The summed E-state index contributed by atoms with van der Waals surface area (Å²) in [6, 6.07) is 7.63. The van der Waals surface area contributed by atoms with E-state index in [4.69, 9.17) is 18.0 Å². The molecular formula is C15H20N2O2S2. The van der Waals surface area contributed by atoms with Gasteiger partial charge in [0.2, 0.25) is 0 Å². The fourth-order valence-electron chi connectivity index (χ4n) is 2.16. The highest BCUT2D eigenvalue weighted by Crippen LogP contribution is 2.22. The Morgan fingerprint density at radius 2 is 1.95 bits per heavy atom. The van der Waals surface area contributed by atoms with Gasteiger partial charge in [-0.25, -0.2) is 8.42 Å². The maximum atomic E-state index is 12.2. The predicted octanol–water partition coefficient (Wildman–Crippen LogP) is 2.49. The number of nitrogens with two attached hydrogens (primary N) is 1. The first kappa shape index (κ1) is 16.0. The summed E-state index contributed by atoms with van der Waals surface area (Å²) in [6.07, 6.45) is 1.88. The van der Waals surface area contributed by atoms with Crippen LogP contribution in [0.2, 0.25) is 0 Å². The average molecular weight is 324 g/mol. The fraction of sp³-hybridized carbons (Fsp3) is 0.400. The Bertz CT molecular complexity index is 784. The van der Waals surface area contributed by atoms with E-state index in [0.717, 1.165) is 16.5 Å². The topological polar surface area (TPSA) is 65.1 Å². The quantitative estimate of drug-likeness (QED) is 0.878. The van der Waals surface area contributed by atoms with Crippen LogP contribution in [0, 0.1) is 0 Å². The Labute approximate surface area is 130 Å². The van der Waals surface area contributed by atoms with E-state index in [2.05, 4.69) is 0 Å². The molecule has 0 fully saturated rings. The van der Waals surface area contributed by atoms with E-state index in [-0.39, 0.29) is 5.75 Å². The van der Waals surface area contributed by atoms with Gasteiger partial charge in [-0.05, 0) is 32.9 Å². The lowest BCUT2D eigenvalue weighted by Crippen LogP contribution is -2.31. The number of benzene rings is 1. The number of fused-ring (bicyclic) bond motifs is 1. The normalized spacial score (nSPS) is 12.7. The molecule has 4 nitrogen and oxygen atoms in total. The first-order chi connectivity index (χ1) is 9.63. The van der Waals surface area contributed by atoms with E-state index < -0.39 is 14.6 Å². The van der Waals surface area contributed by atoms with Crippen molar-refractivity contribution in [2.75, 3.05) is 5.75 Å². The first-order valence-electron chi connectivity index (χ1n) is 6.73. The van der Waals surface area contributed by atoms with Crippen LogP contribution in [0.25, 0.3) is 10.9 Å². The summed E-state index contributed by atoms with van der Waals surface area (Å²) < 4.78 is 25.6. The van der Waals surface area contributed by atoms with Crippen LogP contribution < -0.4 is 5.73 Å². The summed E-state index contributed by atoms with van der Waals surface area (Å²) in [6.45, 7) is 5.59. The molecule has 6 heteroatoms. The lowest BCUT2D eigenvalue weighted by atomic mass is 10.1. The van der Waals surface area contributed by atoms with Crippen molar-refractivity contribution in [3.05, 3.63) is 36.0 Å². The van der Waals surface area contributed by atoms with E-state index >= 15 is 0 Å². The Balaban J connectivity index is 2.34. The Morgan fingerprint density at radius 1 is 1.29 bits per heavy atom. The molecule has 1 aromatic carbocycles. The number of rotatable bonds is 4. The summed E-state index contributed by atoms with van der Waals surface area (Å²) in [5.41, 5.74) is 7.48. The van der Waals surface area contributed by atoms with Crippen molar-refractivity contribution in [3.8, 4) is 0 Å². The van der Waals surface area contributed by atoms with Gasteiger partial charge in [0.15, 0.2) is 9.84 Å². The van der Waals surface area contributed by atoms with Gasteiger partial charge in [0.25, 0.3) is 0 Å². The molecule has 0 radical (unpaired) electrons. The maximum absolute atomic E-state index is 12.2. The number of sulfone groups is 1. The predicted molar refractivity (Wildman–Crippen MR) is 91.4 cm³/mol. The van der Waals surface area contributed by atoms with Crippen LogP contribution in [0.15, 0.2) is 30.5 Å². The van der Waals surface area contributed by atoms with Crippen molar-refractivity contribution >= 4 is 37.9 Å². The van der Waals surface area contributed by atoms with Gasteiger partial charge in [-0.15, -0.1) is 0 Å². The summed E-state index contributed by atoms with van der Waals surface area (Å²) in [5, 5.41) is 0.957. The number of aromatic nitrogens is 1. The molecule has 114 valence electrons. The van der Waals surface area contributed by atoms with Gasteiger partial charge in [-0.2, -0.15) is 0 Å². The maximum Gasteiger partial charge on any atom is 0.156 e. The van der Waals surface area contributed by atoms with Crippen LogP contribution in [0.5, 0.6) is 0 Å². The van der Waals surface area contributed by atoms with E-state index in [9.17, 15) is 8.42 Å². The van der Waals surface area contributed by atoms with E-state index in [1.807, 2.05) is 35.0 Å². The molecule has 0 atom stereocenters. The van der Waals surface area contributed by atoms with Crippen molar-refractivity contribution in [1.82, 2.24) is 4.57 Å². The molecule has 1 heterocycles. The van der Waals surface area contributed by atoms with Crippen LogP contribution in [-0.4, -0.2) is 28.5 Å². The minimum Gasteiger partial charge on any atom is -0.389 e. The Kier molecular flexibility index (Phi) is 4.13. The monoisotopic (exact) mass is 324 g/mol. The minimum atomic E-state index is -3.14. The second-order valence-electron chi connectivity index (χ2n) is 6.04. The standard InChI is InChI=1S/C15H20N2O2S2/c1-15(2,3)21(18,19)10-9-17-8-7-11-12(14(16)20)5-4-6-13(11)17/h4-8H,9-10H2,1-3H3,(H2,16,20). The molecule has 0 bridgehead atoms. The summed E-state index contributed by atoms with van der Waals surface area (Å²) in [7, 11) is -3.14. The first-order valence-corrected chi connectivity index (χ1v) is 8.79. The smallest absolute Gasteiger partial charge is 0.156 e. The zero-order chi connectivity index (χ0) is 15.8. The van der Waals surface area contributed by atoms with Crippen molar-refractivity contribution in [3.63, 3.8) is 0 Å². The highest BCUT2D eigenvalue weighted by atomic mass is 32.2. The molecule has 2 rings (SSSR count). The molecule has 2 N–H and O–H groups in total. The minimum absolute atomic E-state index is 0.109. The Morgan fingerprint density at radius 3 is 2.52 bits per heavy atom. The fourth-order valence-corrected chi connectivity index (χ4v) is 3.39. The van der Waals surface area contributed by atoms with Crippen molar-refractivity contribution < 1.29 is 8.42 Å². The molecule has 0 aliphatic carbocycles. The van der Waals surface area contributed by atoms with Gasteiger partial charge in [0, 0.05) is 29.2 Å². The zero-order valence-corrected chi connectivity index (χ0v) is 14.1. The second kappa shape index (κ2) is 5.42. The third kappa shape index (κ3) is 3.11. The molecule has 2 aromatic rings. The molecule has 0 saturated carbocycles. The molecule has 0 amide bonds. The third-order valence-electron chi connectivity index (χ3n) is 3.61. The van der Waals surface area contributed by atoms with Crippen molar-refractivity contribution in [1.29, 1.82) is 0 Å². The van der Waals surface area contributed by atoms with Crippen LogP contribution >= 0.6 is 12.2 Å². The van der Waals surface area contributed by atoms with E-state index in [1.54, 1.807) is 20.8 Å². The van der Waals surface area contributed by atoms with Crippen LogP contribution in [0.4, 0.5) is 0 Å². The molecule has 1 aromatic heterocycles. The molecule has 21 heavy (non-hydrogen) atoms. The van der Waals surface area contributed by atoms with Gasteiger partial charge in [0.1, 0.15) is 4.99 Å². The van der Waals surface area contributed by atoms with Crippen LogP contribution in [-0.2, 0) is 16.4 Å². The second-order valence-corrected chi connectivity index (χ2v) is 9.35. The largest absolute Gasteiger partial charge is 0.389 e. The van der Waals surface area contributed by atoms with E-state index in [0.29, 0.717) is 11.5 Å². The van der Waals surface area contributed by atoms with Gasteiger partial charge >= 0.3 is 0 Å². The highest BCUT2D eigenvalue weighted by molar-refractivity contribution is 7.92. The number of hydrogen-bond donors (Lipinski definition) is 1. The lowest BCUT2D eigenvalue weighted by molar-refractivity contribution is 0.555. The van der Waals surface area contributed by atoms with Gasteiger partial charge in [-0.1, -0.05) is 24.4 Å². The number of thiocarbonyl (C=S) groups is 1. The number of aryl methyl sites for hydroxylation is 1. The van der Waals surface area contributed by atoms with Crippen molar-refractivity contribution in [2.24, 2.45) is 5.73 Å². The van der Waals surface area contributed by atoms with Gasteiger partial charge < -0.3 is 10.3 Å². The molecular weight excluding hydrogens is 304 g/mol. The molecule has 0 aliphatic heterocycles. The highest BCUT2D eigenvalue weighted by Gasteiger charge is 2.28. The number of hydrogen-bond acceptors (Lipinski definition) is 3. The average Bonchev–Trinajstić information content (AvgIpc) is 2.77. The molecule has 0 spiro atoms. The SMILES string of the molecule is CC(C)(C)S(=O)(=O)CCn1ccc2c(C(N)=S)cccc21. The van der Waals surface area contributed by atoms with Gasteiger partial charge in [-0.3, -0.25) is 0 Å². The third-order valence-corrected chi connectivity index (χ3v) is 6.42. The molecule has 0 unspecified atom stereocenters. The van der Waals surface area contributed by atoms with Gasteiger partial charge in [0.05, 0.1) is 10.5 Å². The van der Waals surface area contributed by atoms with E-state index in [1.165, 1.54) is 0 Å². The Hall–Kier alpha value is -1.40. The summed E-state index contributed by atoms with van der Waals surface area (Å²) >= 11 is 5.04. The zero-order valence-electron chi connectivity index (χ0n) is 12.5. The summed E-state index contributed by atoms with van der Waals surface area (Å²) in [5.74, 6) is 0.109. The lowest BCUT2D eigenvalue weighted by Gasteiger charge is -2.19. The number of nitrogens with zero attached hydrogens (tertiary/aromatic N) is 1. The molecule has 0 saturated heterocycles. The molecule has 0 aliphatic rings. The van der Waals surface area contributed by atoms with Crippen molar-refractivity contribution in [2.45, 2.75) is 32.1 Å².